The van der Waals surface area contributed by atoms with Crippen molar-refractivity contribution in [3.63, 3.8) is 0 Å². The molecular formula is C14H16Br2N2O. The maximum Gasteiger partial charge on any atom is 0.251 e. The van der Waals surface area contributed by atoms with Gasteiger partial charge < -0.3 is 10.6 Å². The summed E-state index contributed by atoms with van der Waals surface area (Å²) in [4.78, 5) is 12.0. The molecule has 1 aliphatic rings. The smallest absolute Gasteiger partial charge is 0.251 e. The first-order valence-electron chi connectivity index (χ1n) is 6.28. The highest BCUT2D eigenvalue weighted by molar-refractivity contribution is 9.11. The van der Waals surface area contributed by atoms with Crippen LogP contribution in [-0.4, -0.2) is 25.5 Å². The quantitative estimate of drug-likeness (QED) is 0.778. The number of amides is 1. The van der Waals surface area contributed by atoms with Gasteiger partial charge >= 0.3 is 0 Å². The zero-order valence-electron chi connectivity index (χ0n) is 10.5. The second-order valence-corrected chi connectivity index (χ2v) is 6.31. The molecule has 19 heavy (non-hydrogen) atoms. The van der Waals surface area contributed by atoms with Crippen LogP contribution in [0.1, 0.15) is 23.2 Å². The molecule has 2 N–H and O–H groups in total. The van der Waals surface area contributed by atoms with Crippen molar-refractivity contribution in [3.05, 3.63) is 44.4 Å². The number of carbonyl (C=O) groups is 1. The van der Waals surface area contributed by atoms with Crippen LogP contribution in [0.3, 0.4) is 0 Å². The van der Waals surface area contributed by atoms with E-state index < -0.39 is 0 Å². The molecule has 0 aromatic heterocycles. The Balaban J connectivity index is 1.85. The van der Waals surface area contributed by atoms with Gasteiger partial charge in [-0.1, -0.05) is 43.5 Å². The Morgan fingerprint density at radius 2 is 2.00 bits per heavy atom. The molecular weight excluding hydrogens is 372 g/mol. The van der Waals surface area contributed by atoms with E-state index in [1.807, 2.05) is 18.2 Å². The average Bonchev–Trinajstić information content (AvgIpc) is 2.38. The summed E-state index contributed by atoms with van der Waals surface area (Å²) in [6, 6.07) is 5.56. The standard InChI is InChI=1S/C14H16Br2N2O/c15-12-7-11(8-13(16)9-12)14(19)18-6-3-10-1-4-17-5-2-10/h1,7-9,17H,2-6H2,(H,18,19). The molecule has 0 saturated heterocycles. The van der Waals surface area contributed by atoms with Crippen LogP contribution in [0.5, 0.6) is 0 Å². The number of carbonyl (C=O) groups excluding carboxylic acids is 1. The number of benzene rings is 1. The molecule has 0 bridgehead atoms. The van der Waals surface area contributed by atoms with Gasteiger partial charge in [-0.15, -0.1) is 0 Å². The number of nitrogens with one attached hydrogen (secondary N) is 2. The molecule has 1 aliphatic heterocycles. The van der Waals surface area contributed by atoms with E-state index >= 15 is 0 Å². The van der Waals surface area contributed by atoms with Crippen LogP contribution < -0.4 is 10.6 Å². The zero-order chi connectivity index (χ0) is 13.7. The summed E-state index contributed by atoms with van der Waals surface area (Å²) in [6.07, 6.45) is 4.23. The number of hydrogen-bond donors (Lipinski definition) is 2. The lowest BCUT2D eigenvalue weighted by atomic mass is 10.1. The maximum absolute atomic E-state index is 12.0. The van der Waals surface area contributed by atoms with E-state index in [2.05, 4.69) is 48.6 Å². The first-order chi connectivity index (χ1) is 9.15. The molecule has 5 heteroatoms. The van der Waals surface area contributed by atoms with Gasteiger partial charge in [0.15, 0.2) is 0 Å². The number of hydrogen-bond acceptors (Lipinski definition) is 2. The molecule has 3 nitrogen and oxygen atoms in total. The molecule has 0 atom stereocenters. The summed E-state index contributed by atoms with van der Waals surface area (Å²) < 4.78 is 1.79. The lowest BCUT2D eigenvalue weighted by Gasteiger charge is -2.14. The third kappa shape index (κ3) is 4.75. The van der Waals surface area contributed by atoms with Crippen molar-refractivity contribution in [1.29, 1.82) is 0 Å². The Morgan fingerprint density at radius 1 is 1.26 bits per heavy atom. The van der Waals surface area contributed by atoms with Crippen LogP contribution in [0.25, 0.3) is 0 Å². The topological polar surface area (TPSA) is 41.1 Å². The summed E-state index contributed by atoms with van der Waals surface area (Å²) >= 11 is 6.77. The van der Waals surface area contributed by atoms with Gasteiger partial charge in [0, 0.05) is 27.6 Å². The molecule has 1 heterocycles. The Labute approximate surface area is 130 Å². The fraction of sp³-hybridized carbons (Fsp3) is 0.357. The summed E-state index contributed by atoms with van der Waals surface area (Å²) in [7, 11) is 0. The minimum absolute atomic E-state index is 0.0310. The second kappa shape index (κ2) is 7.22. The Hall–Kier alpha value is -0.650. The molecule has 0 radical (unpaired) electrons. The summed E-state index contributed by atoms with van der Waals surface area (Å²) in [6.45, 7) is 2.68. The first-order valence-corrected chi connectivity index (χ1v) is 7.86. The van der Waals surface area contributed by atoms with Crippen LogP contribution in [0.15, 0.2) is 38.8 Å². The molecule has 0 unspecified atom stereocenters. The van der Waals surface area contributed by atoms with Gasteiger partial charge in [0.25, 0.3) is 5.91 Å². The van der Waals surface area contributed by atoms with Crippen LogP contribution >= 0.6 is 31.9 Å². The molecule has 0 spiro atoms. The molecule has 102 valence electrons. The van der Waals surface area contributed by atoms with E-state index in [-0.39, 0.29) is 5.91 Å². The van der Waals surface area contributed by atoms with Crippen LogP contribution in [-0.2, 0) is 0 Å². The molecule has 1 amide bonds. The van der Waals surface area contributed by atoms with Crippen molar-refractivity contribution >= 4 is 37.8 Å². The predicted molar refractivity (Wildman–Crippen MR) is 84.4 cm³/mol. The Morgan fingerprint density at radius 3 is 2.63 bits per heavy atom. The molecule has 0 saturated carbocycles. The van der Waals surface area contributed by atoms with Crippen molar-refractivity contribution in [3.8, 4) is 0 Å². The highest BCUT2D eigenvalue weighted by Gasteiger charge is 2.08. The van der Waals surface area contributed by atoms with Gasteiger partial charge in [-0.3, -0.25) is 4.79 Å². The van der Waals surface area contributed by atoms with E-state index in [1.54, 1.807) is 0 Å². The van der Waals surface area contributed by atoms with Gasteiger partial charge in [0.05, 0.1) is 0 Å². The molecule has 0 aliphatic carbocycles. The summed E-state index contributed by atoms with van der Waals surface area (Å²) in [5.74, 6) is -0.0310. The largest absolute Gasteiger partial charge is 0.352 e. The number of rotatable bonds is 4. The SMILES string of the molecule is O=C(NCCC1=CCNCC1)c1cc(Br)cc(Br)c1. The van der Waals surface area contributed by atoms with E-state index in [0.29, 0.717) is 12.1 Å². The molecule has 1 aromatic carbocycles. The summed E-state index contributed by atoms with van der Waals surface area (Å²) in [5, 5.41) is 6.24. The third-order valence-corrected chi connectivity index (χ3v) is 3.93. The highest BCUT2D eigenvalue weighted by Crippen LogP contribution is 2.20. The van der Waals surface area contributed by atoms with Crippen molar-refractivity contribution in [1.82, 2.24) is 10.6 Å². The fourth-order valence-corrected chi connectivity index (χ4v) is 3.31. The Bertz CT molecular complexity index is 480. The van der Waals surface area contributed by atoms with Gasteiger partial charge in [-0.25, -0.2) is 0 Å². The minimum Gasteiger partial charge on any atom is -0.352 e. The van der Waals surface area contributed by atoms with Crippen LogP contribution in [0, 0.1) is 0 Å². The van der Waals surface area contributed by atoms with Crippen LogP contribution in [0.4, 0.5) is 0 Å². The molecule has 1 aromatic rings. The lowest BCUT2D eigenvalue weighted by molar-refractivity contribution is 0.0954. The maximum atomic E-state index is 12.0. The Kier molecular flexibility index (Phi) is 5.60. The highest BCUT2D eigenvalue weighted by atomic mass is 79.9. The van der Waals surface area contributed by atoms with Crippen molar-refractivity contribution in [2.75, 3.05) is 19.6 Å². The van der Waals surface area contributed by atoms with Gasteiger partial charge in [-0.05, 0) is 37.6 Å². The molecule has 2 rings (SSSR count). The monoisotopic (exact) mass is 386 g/mol. The van der Waals surface area contributed by atoms with Crippen molar-refractivity contribution < 1.29 is 4.79 Å². The van der Waals surface area contributed by atoms with E-state index in [0.717, 1.165) is 34.9 Å². The van der Waals surface area contributed by atoms with E-state index in [1.165, 1.54) is 5.57 Å². The van der Waals surface area contributed by atoms with Crippen molar-refractivity contribution in [2.24, 2.45) is 0 Å². The van der Waals surface area contributed by atoms with Gasteiger partial charge in [-0.2, -0.15) is 0 Å². The lowest BCUT2D eigenvalue weighted by Crippen LogP contribution is -2.26. The number of halogens is 2. The average molecular weight is 388 g/mol. The normalized spacial score (nSPS) is 14.9. The van der Waals surface area contributed by atoms with Gasteiger partial charge in [0.2, 0.25) is 0 Å². The third-order valence-electron chi connectivity index (χ3n) is 3.01. The van der Waals surface area contributed by atoms with Gasteiger partial charge in [0.1, 0.15) is 0 Å². The first kappa shape index (κ1) is 14.8. The van der Waals surface area contributed by atoms with Crippen molar-refractivity contribution in [2.45, 2.75) is 12.8 Å². The second-order valence-electron chi connectivity index (χ2n) is 4.48. The fourth-order valence-electron chi connectivity index (χ4n) is 2.02. The predicted octanol–water partition coefficient (Wildman–Crippen LogP) is 3.25. The van der Waals surface area contributed by atoms with E-state index in [4.69, 9.17) is 0 Å². The van der Waals surface area contributed by atoms with E-state index in [9.17, 15) is 4.79 Å². The van der Waals surface area contributed by atoms with Crippen LogP contribution in [0.2, 0.25) is 0 Å². The summed E-state index contributed by atoms with van der Waals surface area (Å²) in [5.41, 5.74) is 2.09. The minimum atomic E-state index is -0.0310. The zero-order valence-corrected chi connectivity index (χ0v) is 13.7. The molecule has 0 fully saturated rings.